The molecule has 1 aromatic heterocycles. The summed E-state index contributed by atoms with van der Waals surface area (Å²) >= 11 is 1.32. The van der Waals surface area contributed by atoms with E-state index in [9.17, 15) is 9.59 Å². The van der Waals surface area contributed by atoms with Gasteiger partial charge < -0.3 is 5.73 Å². The van der Waals surface area contributed by atoms with Gasteiger partial charge in [-0.05, 0) is 11.4 Å². The van der Waals surface area contributed by atoms with Gasteiger partial charge in [0.25, 0.3) is 0 Å². The Labute approximate surface area is 79.6 Å². The van der Waals surface area contributed by atoms with Gasteiger partial charge in [0.15, 0.2) is 6.29 Å². The van der Waals surface area contributed by atoms with Crippen molar-refractivity contribution in [2.24, 2.45) is 5.73 Å². The maximum Gasteiger partial charge on any atom is 0.229 e. The van der Waals surface area contributed by atoms with Crippen molar-refractivity contribution >= 4 is 23.5 Å². The standard InChI is InChI=1S/C9H7NO2S/c10-9(12)3-1-2-7-4-5-13-8(7)6-11/h4-6H,3H2,(H2,10,12). The van der Waals surface area contributed by atoms with Gasteiger partial charge in [0.05, 0.1) is 11.3 Å². The van der Waals surface area contributed by atoms with Crippen molar-refractivity contribution in [1.82, 2.24) is 0 Å². The number of carbonyl (C=O) groups is 2. The van der Waals surface area contributed by atoms with E-state index in [1.54, 1.807) is 11.4 Å². The van der Waals surface area contributed by atoms with Gasteiger partial charge in [-0.1, -0.05) is 11.8 Å². The Morgan fingerprint density at radius 3 is 3.08 bits per heavy atom. The second-order valence-corrected chi connectivity index (χ2v) is 3.21. The molecule has 0 radical (unpaired) electrons. The van der Waals surface area contributed by atoms with E-state index in [4.69, 9.17) is 5.73 Å². The van der Waals surface area contributed by atoms with Crippen molar-refractivity contribution < 1.29 is 9.59 Å². The second kappa shape index (κ2) is 4.43. The van der Waals surface area contributed by atoms with Crippen LogP contribution >= 0.6 is 11.3 Å². The Balaban J connectivity index is 2.76. The van der Waals surface area contributed by atoms with Crippen molar-refractivity contribution in [3.8, 4) is 11.8 Å². The average molecular weight is 193 g/mol. The van der Waals surface area contributed by atoms with Crippen LogP contribution in [0, 0.1) is 11.8 Å². The molecule has 13 heavy (non-hydrogen) atoms. The fourth-order valence-corrected chi connectivity index (χ4v) is 1.39. The minimum atomic E-state index is -0.463. The summed E-state index contributed by atoms with van der Waals surface area (Å²) in [7, 11) is 0. The molecular formula is C9H7NO2S. The Morgan fingerprint density at radius 2 is 2.46 bits per heavy atom. The highest BCUT2D eigenvalue weighted by atomic mass is 32.1. The number of hydrogen-bond acceptors (Lipinski definition) is 3. The minimum Gasteiger partial charge on any atom is -0.369 e. The highest BCUT2D eigenvalue weighted by Gasteiger charge is 1.98. The smallest absolute Gasteiger partial charge is 0.229 e. The second-order valence-electron chi connectivity index (χ2n) is 2.26. The first-order valence-corrected chi connectivity index (χ1v) is 4.42. The third-order valence-electron chi connectivity index (χ3n) is 1.29. The van der Waals surface area contributed by atoms with Gasteiger partial charge in [-0.15, -0.1) is 11.3 Å². The Kier molecular flexibility index (Phi) is 3.23. The third-order valence-corrected chi connectivity index (χ3v) is 2.13. The first kappa shape index (κ1) is 9.49. The molecule has 1 amide bonds. The van der Waals surface area contributed by atoms with E-state index in [0.29, 0.717) is 10.4 Å². The lowest BCUT2D eigenvalue weighted by atomic mass is 10.2. The summed E-state index contributed by atoms with van der Waals surface area (Å²) in [5, 5.41) is 1.78. The average Bonchev–Trinajstić information content (AvgIpc) is 2.51. The fourth-order valence-electron chi connectivity index (χ4n) is 0.742. The molecule has 1 rings (SSSR count). The zero-order valence-corrected chi connectivity index (χ0v) is 7.56. The summed E-state index contributed by atoms with van der Waals surface area (Å²) in [4.78, 5) is 21.4. The third kappa shape index (κ3) is 2.73. The molecular weight excluding hydrogens is 186 g/mol. The number of primary amides is 1. The highest BCUT2D eigenvalue weighted by molar-refractivity contribution is 7.11. The molecule has 0 atom stereocenters. The maximum atomic E-state index is 10.4. The van der Waals surface area contributed by atoms with E-state index in [0.717, 1.165) is 6.29 Å². The molecule has 0 spiro atoms. The van der Waals surface area contributed by atoms with E-state index < -0.39 is 5.91 Å². The zero-order valence-electron chi connectivity index (χ0n) is 6.74. The van der Waals surface area contributed by atoms with E-state index in [1.165, 1.54) is 11.3 Å². The first-order valence-electron chi connectivity index (χ1n) is 3.54. The Hall–Kier alpha value is -1.60. The molecule has 1 heterocycles. The van der Waals surface area contributed by atoms with Crippen molar-refractivity contribution in [2.75, 3.05) is 0 Å². The van der Waals surface area contributed by atoms with Gasteiger partial charge in [0.2, 0.25) is 5.91 Å². The summed E-state index contributed by atoms with van der Waals surface area (Å²) < 4.78 is 0. The van der Waals surface area contributed by atoms with Crippen molar-refractivity contribution in [1.29, 1.82) is 0 Å². The molecule has 0 aliphatic carbocycles. The van der Waals surface area contributed by atoms with E-state index >= 15 is 0 Å². The summed E-state index contributed by atoms with van der Waals surface area (Å²) in [5.74, 6) is 4.83. The molecule has 1 aromatic rings. The van der Waals surface area contributed by atoms with Crippen LogP contribution in [-0.2, 0) is 4.79 Å². The van der Waals surface area contributed by atoms with Crippen molar-refractivity contribution in [3.63, 3.8) is 0 Å². The van der Waals surface area contributed by atoms with Crippen LogP contribution in [0.1, 0.15) is 21.7 Å². The van der Waals surface area contributed by atoms with Gasteiger partial charge in [-0.2, -0.15) is 0 Å². The Bertz CT molecular complexity index is 384. The highest BCUT2D eigenvalue weighted by Crippen LogP contribution is 2.12. The summed E-state index contributed by atoms with van der Waals surface area (Å²) in [6, 6.07) is 1.74. The molecule has 0 aliphatic heterocycles. The van der Waals surface area contributed by atoms with Crippen LogP contribution in [0.3, 0.4) is 0 Å². The summed E-state index contributed by atoms with van der Waals surface area (Å²) in [6.07, 6.45) is 0.771. The SMILES string of the molecule is NC(=O)CC#Cc1ccsc1C=O. The molecule has 0 saturated carbocycles. The molecule has 66 valence electrons. The van der Waals surface area contributed by atoms with Gasteiger partial charge in [-0.25, -0.2) is 0 Å². The lowest BCUT2D eigenvalue weighted by molar-refractivity contribution is -0.117. The molecule has 0 fully saturated rings. The predicted octanol–water partition coefficient (Wildman–Crippen LogP) is 0.788. The van der Waals surface area contributed by atoms with E-state index in [-0.39, 0.29) is 6.42 Å². The lowest BCUT2D eigenvalue weighted by Gasteiger charge is -1.83. The normalized spacial score (nSPS) is 8.62. The monoisotopic (exact) mass is 193 g/mol. The van der Waals surface area contributed by atoms with Gasteiger partial charge >= 0.3 is 0 Å². The lowest BCUT2D eigenvalue weighted by Crippen LogP contribution is -2.08. The number of carbonyl (C=O) groups excluding carboxylic acids is 2. The number of nitrogens with two attached hydrogens (primary N) is 1. The topological polar surface area (TPSA) is 60.2 Å². The first-order chi connectivity index (χ1) is 6.24. The number of thiophene rings is 1. The van der Waals surface area contributed by atoms with Crippen LogP contribution in [0.25, 0.3) is 0 Å². The minimum absolute atomic E-state index is 0.0220. The molecule has 0 unspecified atom stereocenters. The van der Waals surface area contributed by atoms with Crippen LogP contribution < -0.4 is 5.73 Å². The number of rotatable bonds is 2. The molecule has 3 nitrogen and oxygen atoms in total. The molecule has 0 aromatic carbocycles. The molecule has 0 aliphatic rings. The molecule has 0 saturated heterocycles. The molecule has 0 bridgehead atoms. The summed E-state index contributed by atoms with van der Waals surface area (Å²) in [6.45, 7) is 0. The van der Waals surface area contributed by atoms with E-state index in [2.05, 4.69) is 11.8 Å². The van der Waals surface area contributed by atoms with Crippen molar-refractivity contribution in [3.05, 3.63) is 21.9 Å². The van der Waals surface area contributed by atoms with Crippen LogP contribution in [-0.4, -0.2) is 12.2 Å². The molecule has 4 heteroatoms. The number of amides is 1. The quantitative estimate of drug-likeness (QED) is 0.557. The van der Waals surface area contributed by atoms with E-state index in [1.807, 2.05) is 0 Å². The van der Waals surface area contributed by atoms with Crippen LogP contribution in [0.4, 0.5) is 0 Å². The fraction of sp³-hybridized carbons (Fsp3) is 0.111. The van der Waals surface area contributed by atoms with Gasteiger partial charge in [-0.3, -0.25) is 9.59 Å². The van der Waals surface area contributed by atoms with Crippen LogP contribution in [0.5, 0.6) is 0 Å². The van der Waals surface area contributed by atoms with Crippen LogP contribution in [0.2, 0.25) is 0 Å². The molecule has 2 N–H and O–H groups in total. The summed E-state index contributed by atoms with van der Waals surface area (Å²) in [5.41, 5.74) is 5.55. The largest absolute Gasteiger partial charge is 0.369 e. The number of aldehydes is 1. The van der Waals surface area contributed by atoms with Crippen molar-refractivity contribution in [2.45, 2.75) is 6.42 Å². The number of hydrogen-bond donors (Lipinski definition) is 1. The van der Waals surface area contributed by atoms with Crippen LogP contribution in [0.15, 0.2) is 11.4 Å². The zero-order chi connectivity index (χ0) is 9.68. The van der Waals surface area contributed by atoms with Gasteiger partial charge in [0.1, 0.15) is 0 Å². The predicted molar refractivity (Wildman–Crippen MR) is 50.4 cm³/mol. The maximum absolute atomic E-state index is 10.4. The van der Waals surface area contributed by atoms with Gasteiger partial charge in [0, 0.05) is 5.56 Å². The Morgan fingerprint density at radius 1 is 1.69 bits per heavy atom.